The molecule has 19 heavy (non-hydrogen) atoms. The van der Waals surface area contributed by atoms with Crippen LogP contribution in [0.25, 0.3) is 0 Å². The molecule has 0 fully saturated rings. The second-order valence-corrected chi connectivity index (χ2v) is 8.55. The molecule has 0 aliphatic rings. The number of methoxy groups -OCH3 is 1. The van der Waals surface area contributed by atoms with Gasteiger partial charge in [0.1, 0.15) is 5.75 Å². The highest BCUT2D eigenvalue weighted by Gasteiger charge is 2.21. The van der Waals surface area contributed by atoms with E-state index in [0.29, 0.717) is 0 Å². The van der Waals surface area contributed by atoms with Crippen LogP contribution in [0.2, 0.25) is 0 Å². The molecule has 0 saturated heterocycles. The first kappa shape index (κ1) is 15.5. The molecule has 1 atom stereocenters. The number of nitrogens with one attached hydrogen (secondary N) is 1. The highest BCUT2D eigenvalue weighted by atomic mass is 79.9. The maximum absolute atomic E-state index is 5.47. The highest BCUT2D eigenvalue weighted by Crippen LogP contribution is 2.40. The number of rotatable bonds is 4. The van der Waals surface area contributed by atoms with Gasteiger partial charge in [0.05, 0.1) is 20.7 Å². The largest absolute Gasteiger partial charge is 0.496 e. The standard InChI is InChI=1S/C13H12Br3NOS/c1-17-12(9-6-11(15)19-13(9)16)8-5-7(14)3-4-10(8)18-2/h3-6,12,17H,1-2H3. The van der Waals surface area contributed by atoms with Gasteiger partial charge in [-0.05, 0) is 68.7 Å². The van der Waals surface area contributed by atoms with Gasteiger partial charge >= 0.3 is 0 Å². The predicted molar refractivity (Wildman–Crippen MR) is 91.3 cm³/mol. The van der Waals surface area contributed by atoms with Crippen molar-refractivity contribution >= 4 is 59.1 Å². The summed E-state index contributed by atoms with van der Waals surface area (Å²) in [5.41, 5.74) is 2.29. The van der Waals surface area contributed by atoms with Gasteiger partial charge in [0.15, 0.2) is 0 Å². The smallest absolute Gasteiger partial charge is 0.124 e. The number of hydrogen-bond donors (Lipinski definition) is 1. The summed E-state index contributed by atoms with van der Waals surface area (Å²) in [6.45, 7) is 0. The topological polar surface area (TPSA) is 21.3 Å². The molecular formula is C13H12Br3NOS. The summed E-state index contributed by atoms with van der Waals surface area (Å²) in [7, 11) is 3.64. The van der Waals surface area contributed by atoms with Gasteiger partial charge in [-0.25, -0.2) is 0 Å². The van der Waals surface area contributed by atoms with Crippen LogP contribution in [-0.4, -0.2) is 14.2 Å². The van der Waals surface area contributed by atoms with Gasteiger partial charge in [0, 0.05) is 10.0 Å². The van der Waals surface area contributed by atoms with Gasteiger partial charge in [-0.3, -0.25) is 0 Å². The number of benzene rings is 1. The fourth-order valence-electron chi connectivity index (χ4n) is 1.96. The molecule has 1 aromatic carbocycles. The Morgan fingerprint density at radius 3 is 2.42 bits per heavy atom. The van der Waals surface area contributed by atoms with Crippen LogP contribution in [0.5, 0.6) is 5.75 Å². The molecule has 2 aromatic rings. The molecule has 1 N–H and O–H groups in total. The van der Waals surface area contributed by atoms with Crippen LogP contribution < -0.4 is 10.1 Å². The van der Waals surface area contributed by atoms with E-state index in [1.807, 2.05) is 19.2 Å². The zero-order valence-corrected chi connectivity index (χ0v) is 15.9. The third-order valence-corrected chi connectivity index (χ3v) is 5.66. The van der Waals surface area contributed by atoms with E-state index in [1.165, 1.54) is 5.56 Å². The zero-order chi connectivity index (χ0) is 14.0. The van der Waals surface area contributed by atoms with Crippen molar-refractivity contribution in [2.45, 2.75) is 6.04 Å². The normalized spacial score (nSPS) is 12.5. The quantitative estimate of drug-likeness (QED) is 0.651. The molecule has 0 bridgehead atoms. The molecule has 102 valence electrons. The summed E-state index contributed by atoms with van der Waals surface area (Å²) >= 11 is 12.3. The Hall–Kier alpha value is 0.120. The van der Waals surface area contributed by atoms with Crippen molar-refractivity contribution in [2.75, 3.05) is 14.2 Å². The van der Waals surface area contributed by atoms with Crippen LogP contribution in [0, 0.1) is 0 Å². The van der Waals surface area contributed by atoms with Crippen LogP contribution >= 0.6 is 59.1 Å². The average Bonchev–Trinajstić information content (AvgIpc) is 2.70. The minimum absolute atomic E-state index is 0.0735. The lowest BCUT2D eigenvalue weighted by atomic mass is 10.0. The van der Waals surface area contributed by atoms with Gasteiger partial charge < -0.3 is 10.1 Å². The van der Waals surface area contributed by atoms with Crippen molar-refractivity contribution in [1.82, 2.24) is 5.32 Å². The predicted octanol–water partition coefficient (Wildman–Crippen LogP) is 5.35. The number of halogens is 3. The average molecular weight is 470 g/mol. The maximum Gasteiger partial charge on any atom is 0.124 e. The van der Waals surface area contributed by atoms with E-state index >= 15 is 0 Å². The van der Waals surface area contributed by atoms with Gasteiger partial charge in [0.25, 0.3) is 0 Å². The lowest BCUT2D eigenvalue weighted by molar-refractivity contribution is 0.405. The minimum atomic E-state index is 0.0735. The van der Waals surface area contributed by atoms with Crippen molar-refractivity contribution in [3.8, 4) is 5.75 Å². The first-order valence-corrected chi connectivity index (χ1v) is 8.71. The Bertz CT molecular complexity index is 585. The Kier molecular flexibility index (Phi) is 5.48. The molecule has 0 aliphatic heterocycles. The van der Waals surface area contributed by atoms with Crippen molar-refractivity contribution in [2.24, 2.45) is 0 Å². The fourth-order valence-corrected chi connectivity index (χ4v) is 5.24. The Labute approximate surface area is 141 Å². The molecule has 0 saturated carbocycles. The maximum atomic E-state index is 5.47. The number of thiophene rings is 1. The van der Waals surface area contributed by atoms with Gasteiger partial charge in [-0.15, -0.1) is 11.3 Å². The van der Waals surface area contributed by atoms with Crippen molar-refractivity contribution in [1.29, 1.82) is 0 Å². The van der Waals surface area contributed by atoms with E-state index in [2.05, 4.69) is 65.2 Å². The van der Waals surface area contributed by atoms with E-state index in [1.54, 1.807) is 18.4 Å². The third kappa shape index (κ3) is 3.42. The molecule has 1 unspecified atom stereocenters. The van der Waals surface area contributed by atoms with Crippen LogP contribution in [-0.2, 0) is 0 Å². The number of ether oxygens (including phenoxy) is 1. The van der Waals surface area contributed by atoms with Gasteiger partial charge in [-0.1, -0.05) is 15.9 Å². The van der Waals surface area contributed by atoms with E-state index in [-0.39, 0.29) is 6.04 Å². The highest BCUT2D eigenvalue weighted by molar-refractivity contribution is 9.12. The van der Waals surface area contributed by atoms with Crippen LogP contribution in [0.15, 0.2) is 36.3 Å². The monoisotopic (exact) mass is 467 g/mol. The van der Waals surface area contributed by atoms with E-state index in [4.69, 9.17) is 4.74 Å². The Morgan fingerprint density at radius 1 is 1.16 bits per heavy atom. The van der Waals surface area contributed by atoms with Crippen molar-refractivity contribution in [3.05, 3.63) is 47.4 Å². The van der Waals surface area contributed by atoms with Crippen LogP contribution in [0.1, 0.15) is 17.2 Å². The van der Waals surface area contributed by atoms with E-state index in [9.17, 15) is 0 Å². The zero-order valence-electron chi connectivity index (χ0n) is 10.3. The van der Waals surface area contributed by atoms with Crippen molar-refractivity contribution < 1.29 is 4.74 Å². The molecule has 0 aliphatic carbocycles. The Morgan fingerprint density at radius 2 is 1.89 bits per heavy atom. The molecule has 1 heterocycles. The molecule has 0 radical (unpaired) electrons. The molecule has 1 aromatic heterocycles. The van der Waals surface area contributed by atoms with Gasteiger partial charge in [-0.2, -0.15) is 0 Å². The first-order valence-electron chi connectivity index (χ1n) is 5.52. The first-order chi connectivity index (χ1) is 9.06. The summed E-state index contributed by atoms with van der Waals surface area (Å²) in [6.07, 6.45) is 0. The fraction of sp³-hybridized carbons (Fsp3) is 0.231. The third-order valence-electron chi connectivity index (χ3n) is 2.79. The molecule has 2 nitrogen and oxygen atoms in total. The lowest BCUT2D eigenvalue weighted by Gasteiger charge is -2.19. The number of hydrogen-bond acceptors (Lipinski definition) is 3. The van der Waals surface area contributed by atoms with Gasteiger partial charge in [0.2, 0.25) is 0 Å². The van der Waals surface area contributed by atoms with E-state index < -0.39 is 0 Å². The molecule has 2 rings (SSSR count). The van der Waals surface area contributed by atoms with Crippen molar-refractivity contribution in [3.63, 3.8) is 0 Å². The SMILES string of the molecule is CNC(c1cc(Br)ccc1OC)c1cc(Br)sc1Br. The minimum Gasteiger partial charge on any atom is -0.496 e. The second-order valence-electron chi connectivity index (χ2n) is 3.89. The van der Waals surface area contributed by atoms with E-state index in [0.717, 1.165) is 23.4 Å². The second kappa shape index (κ2) is 6.72. The summed E-state index contributed by atoms with van der Waals surface area (Å²) < 4.78 is 8.72. The van der Waals surface area contributed by atoms with Crippen LogP contribution in [0.4, 0.5) is 0 Å². The Balaban J connectivity index is 2.53. The summed E-state index contributed by atoms with van der Waals surface area (Å²) in [4.78, 5) is 0. The molecule has 0 amide bonds. The summed E-state index contributed by atoms with van der Waals surface area (Å²) in [6, 6.07) is 8.23. The molecule has 0 spiro atoms. The summed E-state index contributed by atoms with van der Waals surface area (Å²) in [5, 5.41) is 3.35. The molecular weight excluding hydrogens is 458 g/mol. The molecule has 6 heteroatoms. The van der Waals surface area contributed by atoms with Crippen LogP contribution in [0.3, 0.4) is 0 Å². The lowest BCUT2D eigenvalue weighted by Crippen LogP contribution is -2.18. The summed E-state index contributed by atoms with van der Waals surface area (Å²) in [5.74, 6) is 0.872.